The quantitative estimate of drug-likeness (QED) is 0.740. The summed E-state index contributed by atoms with van der Waals surface area (Å²) in [5, 5.41) is 8.84. The number of methoxy groups -OCH3 is 2. The standard InChI is InChI=1S/C11H10ClNO2/c1-14-9-6-5-8(4-3-7-13)10(12)11(9)15-2/h3-6H,1-2H3/b4-3-. The highest BCUT2D eigenvalue weighted by molar-refractivity contribution is 6.33. The van der Waals surface area contributed by atoms with Gasteiger partial charge in [-0.05, 0) is 23.8 Å². The molecule has 0 fully saturated rings. The van der Waals surface area contributed by atoms with E-state index in [0.29, 0.717) is 16.5 Å². The highest BCUT2D eigenvalue weighted by atomic mass is 35.5. The van der Waals surface area contributed by atoms with Crippen LogP contribution in [0.1, 0.15) is 5.56 Å². The summed E-state index contributed by atoms with van der Waals surface area (Å²) in [5.41, 5.74) is 0.718. The fourth-order valence-corrected chi connectivity index (χ4v) is 1.46. The van der Waals surface area contributed by atoms with Crippen LogP contribution in [0.2, 0.25) is 5.02 Å². The third kappa shape index (κ3) is 2.42. The Labute approximate surface area is 93.5 Å². The summed E-state index contributed by atoms with van der Waals surface area (Å²) in [4.78, 5) is 0. The molecule has 0 heterocycles. The van der Waals surface area contributed by atoms with Gasteiger partial charge in [0.15, 0.2) is 11.5 Å². The second-order valence-corrected chi connectivity index (χ2v) is 3.04. The summed E-state index contributed by atoms with van der Waals surface area (Å²) in [7, 11) is 3.06. The van der Waals surface area contributed by atoms with Crippen molar-refractivity contribution < 1.29 is 9.47 Å². The Balaban J connectivity index is 3.24. The van der Waals surface area contributed by atoms with Gasteiger partial charge in [0.2, 0.25) is 0 Å². The van der Waals surface area contributed by atoms with Crippen LogP contribution in [0.5, 0.6) is 11.5 Å². The molecule has 0 aliphatic rings. The lowest BCUT2D eigenvalue weighted by Gasteiger charge is -2.10. The van der Waals surface area contributed by atoms with Gasteiger partial charge in [-0.3, -0.25) is 0 Å². The average Bonchev–Trinajstić information content (AvgIpc) is 2.27. The van der Waals surface area contributed by atoms with Gasteiger partial charge < -0.3 is 9.47 Å². The van der Waals surface area contributed by atoms with E-state index in [9.17, 15) is 0 Å². The number of benzene rings is 1. The molecule has 1 rings (SSSR count). The summed E-state index contributed by atoms with van der Waals surface area (Å²) in [6.45, 7) is 0. The van der Waals surface area contributed by atoms with Gasteiger partial charge in [-0.1, -0.05) is 11.6 Å². The third-order valence-electron chi connectivity index (χ3n) is 1.85. The van der Waals surface area contributed by atoms with Crippen LogP contribution in [0, 0.1) is 11.3 Å². The second kappa shape index (κ2) is 5.28. The number of hydrogen-bond acceptors (Lipinski definition) is 3. The number of nitriles is 1. The Morgan fingerprint density at radius 2 is 2.07 bits per heavy atom. The Morgan fingerprint density at radius 3 is 2.60 bits per heavy atom. The molecule has 4 heteroatoms. The van der Waals surface area contributed by atoms with E-state index in [4.69, 9.17) is 26.3 Å². The zero-order chi connectivity index (χ0) is 11.3. The van der Waals surface area contributed by atoms with Crippen molar-refractivity contribution in [2.45, 2.75) is 0 Å². The molecule has 15 heavy (non-hydrogen) atoms. The fourth-order valence-electron chi connectivity index (χ4n) is 1.16. The molecule has 0 aliphatic heterocycles. The lowest BCUT2D eigenvalue weighted by Crippen LogP contribution is -1.92. The minimum Gasteiger partial charge on any atom is -0.493 e. The molecule has 0 unspecified atom stereocenters. The van der Waals surface area contributed by atoms with E-state index in [1.807, 2.05) is 6.07 Å². The topological polar surface area (TPSA) is 42.2 Å². The van der Waals surface area contributed by atoms with Crippen molar-refractivity contribution in [3.63, 3.8) is 0 Å². The first-order valence-corrected chi connectivity index (χ1v) is 4.59. The highest BCUT2D eigenvalue weighted by Crippen LogP contribution is 2.37. The molecule has 1 aromatic rings. The maximum absolute atomic E-state index is 8.41. The minimum absolute atomic E-state index is 0.434. The van der Waals surface area contributed by atoms with Crippen molar-refractivity contribution in [1.29, 1.82) is 5.26 Å². The van der Waals surface area contributed by atoms with Crippen LogP contribution >= 0.6 is 11.6 Å². The smallest absolute Gasteiger partial charge is 0.179 e. The molecule has 0 aliphatic carbocycles. The van der Waals surface area contributed by atoms with E-state index in [1.54, 1.807) is 25.3 Å². The Hall–Kier alpha value is -1.66. The van der Waals surface area contributed by atoms with Crippen LogP contribution in [0.3, 0.4) is 0 Å². The molecule has 78 valence electrons. The van der Waals surface area contributed by atoms with Crippen LogP contribution in [-0.4, -0.2) is 14.2 Å². The van der Waals surface area contributed by atoms with E-state index < -0.39 is 0 Å². The predicted molar refractivity (Wildman–Crippen MR) is 59.2 cm³/mol. The Bertz CT molecular complexity index is 421. The normalized spacial score (nSPS) is 10.0. The molecule has 0 atom stereocenters. The molecule has 0 aromatic heterocycles. The van der Waals surface area contributed by atoms with Crippen LogP contribution in [0.25, 0.3) is 6.08 Å². The number of allylic oxidation sites excluding steroid dienone is 1. The second-order valence-electron chi connectivity index (χ2n) is 2.67. The zero-order valence-corrected chi connectivity index (χ0v) is 9.21. The summed E-state index contributed by atoms with van der Waals surface area (Å²) >= 11 is 6.06. The Kier molecular flexibility index (Phi) is 4.02. The first-order chi connectivity index (χ1) is 7.24. The molecule has 1 aromatic carbocycles. The van der Waals surface area contributed by atoms with Crippen LogP contribution in [0.15, 0.2) is 18.2 Å². The van der Waals surface area contributed by atoms with Crippen molar-refractivity contribution in [2.24, 2.45) is 0 Å². The van der Waals surface area contributed by atoms with Gasteiger partial charge in [-0.2, -0.15) is 5.26 Å². The summed E-state index contributed by atoms with van der Waals surface area (Å²) in [6.07, 6.45) is 2.97. The SMILES string of the molecule is COc1ccc(/C=C\C#N)c(Cl)c1OC. The van der Waals surface area contributed by atoms with Crippen molar-refractivity contribution in [3.05, 3.63) is 28.8 Å². The maximum atomic E-state index is 8.41. The van der Waals surface area contributed by atoms with Gasteiger partial charge in [0.1, 0.15) is 0 Å². The monoisotopic (exact) mass is 223 g/mol. The number of halogens is 1. The average molecular weight is 224 g/mol. The third-order valence-corrected chi connectivity index (χ3v) is 2.24. The predicted octanol–water partition coefficient (Wildman–Crippen LogP) is 2.89. The summed E-state index contributed by atoms with van der Waals surface area (Å²) in [5.74, 6) is 1.04. The van der Waals surface area contributed by atoms with Gasteiger partial charge in [-0.25, -0.2) is 0 Å². The molecule has 0 saturated carbocycles. The first kappa shape index (κ1) is 11.4. The number of rotatable bonds is 3. The molecule has 0 N–H and O–H groups in total. The van der Waals surface area contributed by atoms with Gasteiger partial charge in [0.05, 0.1) is 25.3 Å². The van der Waals surface area contributed by atoms with Gasteiger partial charge >= 0.3 is 0 Å². The molecular weight excluding hydrogens is 214 g/mol. The number of ether oxygens (including phenoxy) is 2. The lowest BCUT2D eigenvalue weighted by atomic mass is 10.2. The molecule has 0 spiro atoms. The molecule has 0 saturated heterocycles. The van der Waals surface area contributed by atoms with Crippen molar-refractivity contribution in [2.75, 3.05) is 14.2 Å². The van der Waals surface area contributed by atoms with Gasteiger partial charge in [0, 0.05) is 6.08 Å². The summed E-state index contributed by atoms with van der Waals surface area (Å²) < 4.78 is 10.2. The van der Waals surface area contributed by atoms with Crippen LogP contribution in [-0.2, 0) is 0 Å². The van der Waals surface area contributed by atoms with Gasteiger partial charge in [0.25, 0.3) is 0 Å². The van der Waals surface area contributed by atoms with Crippen molar-refractivity contribution in [1.82, 2.24) is 0 Å². The first-order valence-electron chi connectivity index (χ1n) is 4.21. The molecular formula is C11H10ClNO2. The molecule has 0 amide bonds. The van der Waals surface area contributed by atoms with Crippen LogP contribution in [0.4, 0.5) is 0 Å². The number of hydrogen-bond donors (Lipinski definition) is 0. The van der Waals surface area contributed by atoms with E-state index in [1.165, 1.54) is 13.2 Å². The maximum Gasteiger partial charge on any atom is 0.179 e. The van der Waals surface area contributed by atoms with Crippen molar-refractivity contribution >= 4 is 17.7 Å². The Morgan fingerprint density at radius 1 is 1.33 bits per heavy atom. The number of nitrogens with zero attached hydrogens (tertiary/aromatic N) is 1. The highest BCUT2D eigenvalue weighted by Gasteiger charge is 2.10. The van der Waals surface area contributed by atoms with E-state index >= 15 is 0 Å². The zero-order valence-electron chi connectivity index (χ0n) is 8.45. The molecule has 0 radical (unpaired) electrons. The van der Waals surface area contributed by atoms with Crippen LogP contribution < -0.4 is 9.47 Å². The van der Waals surface area contributed by atoms with E-state index in [-0.39, 0.29) is 0 Å². The fraction of sp³-hybridized carbons (Fsp3) is 0.182. The van der Waals surface area contributed by atoms with Crippen molar-refractivity contribution in [3.8, 4) is 17.6 Å². The molecule has 0 bridgehead atoms. The van der Waals surface area contributed by atoms with E-state index in [0.717, 1.165) is 5.56 Å². The molecule has 3 nitrogen and oxygen atoms in total. The lowest BCUT2D eigenvalue weighted by molar-refractivity contribution is 0.355. The minimum atomic E-state index is 0.434. The summed E-state index contributed by atoms with van der Waals surface area (Å²) in [6, 6.07) is 5.40. The van der Waals surface area contributed by atoms with Gasteiger partial charge in [-0.15, -0.1) is 0 Å². The largest absolute Gasteiger partial charge is 0.493 e. The van der Waals surface area contributed by atoms with E-state index in [2.05, 4.69) is 0 Å².